The third-order valence-corrected chi connectivity index (χ3v) is 4.56. The molecule has 0 aliphatic heterocycles. The van der Waals surface area contributed by atoms with Crippen molar-refractivity contribution >= 4 is 34.8 Å². The molecule has 0 saturated carbocycles. The summed E-state index contributed by atoms with van der Waals surface area (Å²) in [5.41, 5.74) is 2.69. The van der Waals surface area contributed by atoms with Crippen LogP contribution in [0.1, 0.15) is 11.1 Å². The number of rotatable bonds is 7. The number of carbonyl (C=O) groups excluding carboxylic acids is 1. The maximum Gasteiger partial charge on any atom is 0.279 e. The van der Waals surface area contributed by atoms with Crippen molar-refractivity contribution < 1.29 is 19.2 Å². The van der Waals surface area contributed by atoms with Crippen molar-refractivity contribution in [1.82, 2.24) is 0 Å². The van der Waals surface area contributed by atoms with Gasteiger partial charge in [0.2, 0.25) is 0 Å². The first-order chi connectivity index (χ1) is 12.3. The van der Waals surface area contributed by atoms with E-state index in [0.717, 1.165) is 16.0 Å². The Morgan fingerprint density at radius 2 is 1.77 bits per heavy atom. The average molecular weight is 398 g/mol. The topological polar surface area (TPSA) is 52.0 Å². The molecule has 2 rings (SSSR count). The third kappa shape index (κ3) is 5.27. The van der Waals surface area contributed by atoms with Crippen LogP contribution in [0.5, 0.6) is 11.5 Å². The summed E-state index contributed by atoms with van der Waals surface area (Å²) < 4.78 is 10.7. The molecule has 0 radical (unpaired) electrons. The van der Waals surface area contributed by atoms with Gasteiger partial charge < -0.3 is 19.7 Å². The van der Waals surface area contributed by atoms with Crippen LogP contribution in [0.4, 0.5) is 5.69 Å². The highest BCUT2D eigenvalue weighted by Crippen LogP contribution is 2.30. The summed E-state index contributed by atoms with van der Waals surface area (Å²) in [6.45, 7) is 2.97. The second-order valence-corrected chi connectivity index (χ2v) is 6.96. The number of amides is 1. The highest BCUT2D eigenvalue weighted by molar-refractivity contribution is 6.35. The van der Waals surface area contributed by atoms with Gasteiger partial charge in [-0.3, -0.25) is 4.79 Å². The van der Waals surface area contributed by atoms with E-state index in [4.69, 9.17) is 32.7 Å². The highest BCUT2D eigenvalue weighted by atomic mass is 35.5. The molecule has 0 bridgehead atoms. The van der Waals surface area contributed by atoms with Crippen LogP contribution in [0.2, 0.25) is 10.0 Å². The minimum Gasteiger partial charge on any atom is -0.493 e. The summed E-state index contributed by atoms with van der Waals surface area (Å²) in [6.07, 6.45) is 0. The first-order valence-electron chi connectivity index (χ1n) is 8.11. The Balaban J connectivity index is 2.03. The number of benzene rings is 2. The summed E-state index contributed by atoms with van der Waals surface area (Å²) in [7, 11) is 5.17. The van der Waals surface area contributed by atoms with Crippen LogP contribution in [0.15, 0.2) is 30.3 Å². The van der Waals surface area contributed by atoms with Crippen molar-refractivity contribution in [2.75, 3.05) is 33.1 Å². The number of methoxy groups -OCH3 is 2. The molecule has 2 aromatic carbocycles. The predicted molar refractivity (Wildman–Crippen MR) is 105 cm³/mol. The maximum atomic E-state index is 12.3. The van der Waals surface area contributed by atoms with Gasteiger partial charge in [0.15, 0.2) is 18.0 Å². The van der Waals surface area contributed by atoms with Crippen LogP contribution < -0.4 is 19.7 Å². The fourth-order valence-electron chi connectivity index (χ4n) is 2.66. The molecule has 1 amide bonds. The quantitative estimate of drug-likeness (QED) is 0.754. The number of quaternary nitrogens is 1. The van der Waals surface area contributed by atoms with E-state index in [1.807, 2.05) is 26.1 Å². The van der Waals surface area contributed by atoms with E-state index in [-0.39, 0.29) is 12.5 Å². The lowest BCUT2D eigenvalue weighted by atomic mass is 10.1. The Morgan fingerprint density at radius 1 is 1.12 bits per heavy atom. The zero-order valence-electron chi connectivity index (χ0n) is 15.3. The van der Waals surface area contributed by atoms with Crippen LogP contribution in [-0.2, 0) is 11.3 Å². The summed E-state index contributed by atoms with van der Waals surface area (Å²) >= 11 is 12.0. The number of hydrogen-bond acceptors (Lipinski definition) is 3. The molecular formula is C19H23Cl2N2O3+. The van der Waals surface area contributed by atoms with Gasteiger partial charge in [0.1, 0.15) is 6.54 Å². The van der Waals surface area contributed by atoms with Gasteiger partial charge in [-0.1, -0.05) is 23.2 Å². The van der Waals surface area contributed by atoms with Crippen molar-refractivity contribution in [3.63, 3.8) is 0 Å². The normalized spacial score (nSPS) is 11.8. The Bertz CT molecular complexity index is 797. The molecule has 0 aliphatic carbocycles. The van der Waals surface area contributed by atoms with Gasteiger partial charge in [0.25, 0.3) is 5.91 Å². The molecular weight excluding hydrogens is 375 g/mol. The summed E-state index contributed by atoms with van der Waals surface area (Å²) in [6, 6.07) is 8.85. The van der Waals surface area contributed by atoms with Crippen molar-refractivity contribution in [2.45, 2.75) is 13.5 Å². The molecule has 1 unspecified atom stereocenters. The fourth-order valence-corrected chi connectivity index (χ4v) is 3.00. The summed E-state index contributed by atoms with van der Waals surface area (Å²) in [5, 5.41) is 3.78. The largest absolute Gasteiger partial charge is 0.493 e. The van der Waals surface area contributed by atoms with Crippen molar-refractivity contribution in [2.24, 2.45) is 0 Å². The second kappa shape index (κ2) is 9.12. The van der Waals surface area contributed by atoms with Gasteiger partial charge in [0, 0.05) is 10.6 Å². The monoisotopic (exact) mass is 397 g/mol. The first-order valence-corrected chi connectivity index (χ1v) is 8.87. The maximum absolute atomic E-state index is 12.3. The Kier molecular flexibility index (Phi) is 7.14. The molecule has 1 atom stereocenters. The molecule has 0 fully saturated rings. The molecule has 7 heteroatoms. The average Bonchev–Trinajstić information content (AvgIpc) is 2.59. The van der Waals surface area contributed by atoms with Crippen molar-refractivity contribution in [1.29, 1.82) is 0 Å². The standard InChI is InChI=1S/C19H22Cl2N2O3/c1-12-7-17(25-3)18(26-4)8-13(12)10-23(2)11-19(24)22-16-9-14(20)5-6-15(16)21/h5-9H,10-11H2,1-4H3,(H,22,24)/p+1. The van der Waals surface area contributed by atoms with E-state index in [1.54, 1.807) is 32.4 Å². The predicted octanol–water partition coefficient (Wildman–Crippen LogP) is 2.97. The number of nitrogens with one attached hydrogen (secondary N) is 2. The number of hydrogen-bond donors (Lipinski definition) is 2. The number of likely N-dealkylation sites (N-methyl/N-ethyl adjacent to an activating group) is 1. The van der Waals surface area contributed by atoms with Crippen LogP contribution in [0, 0.1) is 6.92 Å². The van der Waals surface area contributed by atoms with Gasteiger partial charge in [-0.05, 0) is 42.8 Å². The smallest absolute Gasteiger partial charge is 0.279 e. The zero-order chi connectivity index (χ0) is 19.3. The Labute approximate surface area is 163 Å². The molecule has 0 aromatic heterocycles. The third-order valence-electron chi connectivity index (χ3n) is 4.00. The van der Waals surface area contributed by atoms with E-state index < -0.39 is 0 Å². The van der Waals surface area contributed by atoms with Gasteiger partial charge in [-0.2, -0.15) is 0 Å². The number of aryl methyl sites for hydroxylation is 1. The Hall–Kier alpha value is -1.95. The SMILES string of the molecule is COc1cc(C)c(C[NH+](C)CC(=O)Nc2cc(Cl)ccc2Cl)cc1OC. The van der Waals surface area contributed by atoms with Crippen LogP contribution in [0.25, 0.3) is 0 Å². The van der Waals surface area contributed by atoms with Crippen molar-refractivity contribution in [3.05, 3.63) is 51.5 Å². The van der Waals surface area contributed by atoms with Gasteiger partial charge in [-0.15, -0.1) is 0 Å². The number of anilines is 1. The van der Waals surface area contributed by atoms with E-state index in [1.165, 1.54) is 0 Å². The highest BCUT2D eigenvalue weighted by Gasteiger charge is 2.16. The molecule has 2 aromatic rings. The van der Waals surface area contributed by atoms with E-state index >= 15 is 0 Å². The number of halogens is 2. The van der Waals surface area contributed by atoms with E-state index in [9.17, 15) is 4.79 Å². The van der Waals surface area contributed by atoms with Gasteiger partial charge >= 0.3 is 0 Å². The molecule has 0 saturated heterocycles. The molecule has 0 aliphatic rings. The molecule has 0 spiro atoms. The summed E-state index contributed by atoms with van der Waals surface area (Å²) in [5.74, 6) is 1.24. The second-order valence-electron chi connectivity index (χ2n) is 6.12. The summed E-state index contributed by atoms with van der Waals surface area (Å²) in [4.78, 5) is 13.3. The lowest BCUT2D eigenvalue weighted by molar-refractivity contribution is -0.885. The van der Waals surface area contributed by atoms with Gasteiger partial charge in [0.05, 0.1) is 32.0 Å². The lowest BCUT2D eigenvalue weighted by Gasteiger charge is -2.17. The minimum atomic E-state index is -0.134. The van der Waals surface area contributed by atoms with Crippen LogP contribution >= 0.6 is 23.2 Å². The fraction of sp³-hybridized carbons (Fsp3) is 0.316. The zero-order valence-corrected chi connectivity index (χ0v) is 16.8. The lowest BCUT2D eigenvalue weighted by Crippen LogP contribution is -3.08. The van der Waals surface area contributed by atoms with Crippen LogP contribution in [0.3, 0.4) is 0 Å². The van der Waals surface area contributed by atoms with Gasteiger partial charge in [-0.25, -0.2) is 0 Å². The van der Waals surface area contributed by atoms with E-state index in [0.29, 0.717) is 33.8 Å². The first kappa shape index (κ1) is 20.4. The minimum absolute atomic E-state index is 0.134. The number of ether oxygens (including phenoxy) is 2. The van der Waals surface area contributed by atoms with Crippen molar-refractivity contribution in [3.8, 4) is 11.5 Å². The molecule has 0 heterocycles. The Morgan fingerprint density at radius 3 is 2.42 bits per heavy atom. The molecule has 26 heavy (non-hydrogen) atoms. The molecule has 2 N–H and O–H groups in total. The molecule has 5 nitrogen and oxygen atoms in total. The van der Waals surface area contributed by atoms with Crippen LogP contribution in [-0.4, -0.2) is 33.7 Å². The van der Waals surface area contributed by atoms with E-state index in [2.05, 4.69) is 5.32 Å². The molecule has 140 valence electrons. The number of carbonyl (C=O) groups is 1.